The van der Waals surface area contributed by atoms with Crippen molar-refractivity contribution >= 4 is 5.91 Å². The molecule has 0 bridgehead atoms. The summed E-state index contributed by atoms with van der Waals surface area (Å²) in [5.41, 5.74) is 5.12. The van der Waals surface area contributed by atoms with Gasteiger partial charge in [0.05, 0.1) is 11.6 Å². The first-order valence-electron chi connectivity index (χ1n) is 10.5. The Balaban J connectivity index is 1.49. The van der Waals surface area contributed by atoms with Crippen LogP contribution in [-0.2, 0) is 11.2 Å². The highest BCUT2D eigenvalue weighted by Gasteiger charge is 2.22. The van der Waals surface area contributed by atoms with E-state index in [0.717, 1.165) is 33.9 Å². The van der Waals surface area contributed by atoms with E-state index < -0.39 is 0 Å². The Bertz CT molecular complexity index is 1100. The number of amides is 1. The van der Waals surface area contributed by atoms with Gasteiger partial charge in [-0.25, -0.2) is 9.67 Å². The number of pyridine rings is 1. The van der Waals surface area contributed by atoms with Gasteiger partial charge in [0.2, 0.25) is 5.91 Å². The molecule has 4 rings (SSSR count). The third-order valence-corrected chi connectivity index (χ3v) is 5.51. The maximum atomic E-state index is 13.2. The lowest BCUT2D eigenvalue weighted by Crippen LogP contribution is -2.31. The van der Waals surface area contributed by atoms with Crippen molar-refractivity contribution in [1.29, 1.82) is 0 Å². The van der Waals surface area contributed by atoms with Gasteiger partial charge in [-0.1, -0.05) is 66.7 Å². The highest BCUT2D eigenvalue weighted by molar-refractivity contribution is 5.87. The van der Waals surface area contributed by atoms with Gasteiger partial charge in [-0.05, 0) is 49.1 Å². The lowest BCUT2D eigenvalue weighted by molar-refractivity contribution is -0.121. The van der Waals surface area contributed by atoms with Gasteiger partial charge in [0.1, 0.15) is 0 Å². The number of carbonyl (C=O) groups excluding carboxylic acids is 1. The number of aromatic nitrogens is 3. The van der Waals surface area contributed by atoms with Crippen LogP contribution in [0.3, 0.4) is 0 Å². The van der Waals surface area contributed by atoms with E-state index in [9.17, 15) is 4.79 Å². The summed E-state index contributed by atoms with van der Waals surface area (Å²) < 4.78 is 1.86. The van der Waals surface area contributed by atoms with Crippen LogP contribution in [0, 0.1) is 13.8 Å². The van der Waals surface area contributed by atoms with Crippen LogP contribution < -0.4 is 5.32 Å². The first-order valence-corrected chi connectivity index (χ1v) is 10.5. The van der Waals surface area contributed by atoms with Gasteiger partial charge in [0.15, 0.2) is 5.82 Å². The molecule has 2 heterocycles. The second-order valence-electron chi connectivity index (χ2n) is 7.54. The first kappa shape index (κ1) is 20.5. The largest absolute Gasteiger partial charge is 0.355 e. The molecule has 31 heavy (non-hydrogen) atoms. The number of rotatable bonds is 7. The number of nitrogens with one attached hydrogen (secondary N) is 1. The predicted octanol–water partition coefficient (Wildman–Crippen LogP) is 4.37. The SMILES string of the molecule is Cc1nn(-c2ccccn2)c(C)c1CCNC(=O)C(c1ccccc1)c1ccccc1. The van der Waals surface area contributed by atoms with Crippen LogP contribution in [0.5, 0.6) is 0 Å². The third-order valence-electron chi connectivity index (χ3n) is 5.51. The van der Waals surface area contributed by atoms with E-state index in [1.54, 1.807) is 6.20 Å². The quantitative estimate of drug-likeness (QED) is 0.492. The van der Waals surface area contributed by atoms with E-state index in [1.165, 1.54) is 0 Å². The fourth-order valence-electron chi connectivity index (χ4n) is 3.94. The molecule has 0 radical (unpaired) electrons. The third kappa shape index (κ3) is 4.56. The minimum absolute atomic E-state index is 0.00447. The van der Waals surface area contributed by atoms with Gasteiger partial charge in [0.25, 0.3) is 0 Å². The lowest BCUT2D eigenvalue weighted by atomic mass is 9.90. The molecule has 4 aromatic rings. The number of nitrogens with zero attached hydrogens (tertiary/aromatic N) is 3. The Morgan fingerprint density at radius 3 is 2.10 bits per heavy atom. The fourth-order valence-corrected chi connectivity index (χ4v) is 3.94. The van der Waals surface area contributed by atoms with Crippen LogP contribution in [0.2, 0.25) is 0 Å². The molecule has 0 aliphatic heterocycles. The summed E-state index contributed by atoms with van der Waals surface area (Å²) in [5.74, 6) is 0.470. The van der Waals surface area contributed by atoms with Gasteiger partial charge >= 0.3 is 0 Å². The highest BCUT2D eigenvalue weighted by atomic mass is 16.1. The molecule has 2 aromatic carbocycles. The van der Waals surface area contributed by atoms with Gasteiger partial charge in [-0.15, -0.1) is 0 Å². The predicted molar refractivity (Wildman–Crippen MR) is 122 cm³/mol. The molecule has 0 aliphatic rings. The number of carbonyl (C=O) groups is 1. The lowest BCUT2D eigenvalue weighted by Gasteiger charge is -2.18. The minimum atomic E-state index is -0.333. The summed E-state index contributed by atoms with van der Waals surface area (Å²) in [7, 11) is 0. The van der Waals surface area contributed by atoms with Crippen LogP contribution in [0.1, 0.15) is 34.0 Å². The van der Waals surface area contributed by atoms with E-state index in [0.29, 0.717) is 13.0 Å². The van der Waals surface area contributed by atoms with Crippen molar-refractivity contribution in [3.05, 3.63) is 113 Å². The average molecular weight is 411 g/mol. The van der Waals surface area contributed by atoms with Crippen molar-refractivity contribution in [2.45, 2.75) is 26.2 Å². The Labute approximate surface area is 182 Å². The van der Waals surface area contributed by atoms with Crippen molar-refractivity contribution in [2.75, 3.05) is 6.54 Å². The van der Waals surface area contributed by atoms with Gasteiger partial charge in [-0.2, -0.15) is 5.10 Å². The highest BCUT2D eigenvalue weighted by Crippen LogP contribution is 2.25. The zero-order valence-corrected chi connectivity index (χ0v) is 17.8. The van der Waals surface area contributed by atoms with Crippen molar-refractivity contribution in [3.8, 4) is 5.82 Å². The van der Waals surface area contributed by atoms with Crippen LogP contribution in [0.15, 0.2) is 85.1 Å². The Morgan fingerprint density at radius 1 is 0.903 bits per heavy atom. The number of hydrogen-bond acceptors (Lipinski definition) is 3. The molecule has 0 saturated heterocycles. The average Bonchev–Trinajstić information content (AvgIpc) is 3.10. The zero-order chi connectivity index (χ0) is 21.6. The van der Waals surface area contributed by atoms with Gasteiger partial charge in [0, 0.05) is 18.4 Å². The topological polar surface area (TPSA) is 59.8 Å². The molecule has 5 nitrogen and oxygen atoms in total. The van der Waals surface area contributed by atoms with Crippen LogP contribution >= 0.6 is 0 Å². The van der Waals surface area contributed by atoms with Crippen molar-refractivity contribution < 1.29 is 4.79 Å². The number of hydrogen-bond donors (Lipinski definition) is 1. The smallest absolute Gasteiger partial charge is 0.232 e. The monoisotopic (exact) mass is 410 g/mol. The minimum Gasteiger partial charge on any atom is -0.355 e. The first-order chi connectivity index (χ1) is 15.1. The summed E-state index contributed by atoms with van der Waals surface area (Å²) in [6.07, 6.45) is 2.48. The Morgan fingerprint density at radius 2 is 1.52 bits per heavy atom. The molecule has 0 unspecified atom stereocenters. The second-order valence-corrected chi connectivity index (χ2v) is 7.54. The molecular formula is C26H26N4O. The molecule has 1 amide bonds. The van der Waals surface area contributed by atoms with E-state index in [2.05, 4.69) is 15.4 Å². The van der Waals surface area contributed by atoms with Gasteiger partial charge < -0.3 is 5.32 Å². The summed E-state index contributed by atoms with van der Waals surface area (Å²) in [6, 6.07) is 25.6. The van der Waals surface area contributed by atoms with Gasteiger partial charge in [-0.3, -0.25) is 4.79 Å². The molecule has 156 valence electrons. The zero-order valence-electron chi connectivity index (χ0n) is 17.8. The van der Waals surface area contributed by atoms with Crippen molar-refractivity contribution in [1.82, 2.24) is 20.1 Å². The van der Waals surface area contributed by atoms with E-state index in [4.69, 9.17) is 0 Å². The Hall–Kier alpha value is -3.73. The van der Waals surface area contributed by atoms with E-state index in [-0.39, 0.29) is 11.8 Å². The standard InChI is InChI=1S/C26H26N4O/c1-19-23(20(2)30(29-19)24-15-9-10-17-27-24)16-18-28-26(31)25(21-11-5-3-6-12-21)22-13-7-4-8-14-22/h3-15,17,25H,16,18H2,1-2H3,(H,28,31). The maximum Gasteiger partial charge on any atom is 0.232 e. The normalized spacial score (nSPS) is 10.9. The molecule has 1 N–H and O–H groups in total. The molecule has 0 spiro atoms. The summed E-state index contributed by atoms with van der Waals surface area (Å²) >= 11 is 0. The second kappa shape index (κ2) is 9.39. The molecule has 2 aromatic heterocycles. The molecule has 0 fully saturated rings. The fraction of sp³-hybridized carbons (Fsp3) is 0.192. The number of aryl methyl sites for hydroxylation is 1. The summed E-state index contributed by atoms with van der Waals surface area (Å²) in [5, 5.41) is 7.79. The van der Waals surface area contributed by atoms with Crippen LogP contribution in [0.4, 0.5) is 0 Å². The van der Waals surface area contributed by atoms with Crippen molar-refractivity contribution in [2.24, 2.45) is 0 Å². The molecule has 0 atom stereocenters. The summed E-state index contributed by atoms with van der Waals surface area (Å²) in [4.78, 5) is 17.6. The molecule has 5 heteroatoms. The van der Waals surface area contributed by atoms with E-state index >= 15 is 0 Å². The number of benzene rings is 2. The van der Waals surface area contributed by atoms with E-state index in [1.807, 2.05) is 97.4 Å². The van der Waals surface area contributed by atoms with Crippen molar-refractivity contribution in [3.63, 3.8) is 0 Å². The van der Waals surface area contributed by atoms with Crippen LogP contribution in [-0.4, -0.2) is 27.2 Å². The molecule has 0 aliphatic carbocycles. The van der Waals surface area contributed by atoms with Crippen LogP contribution in [0.25, 0.3) is 5.82 Å². The maximum absolute atomic E-state index is 13.2. The summed E-state index contributed by atoms with van der Waals surface area (Å²) in [6.45, 7) is 4.59. The Kier molecular flexibility index (Phi) is 6.22. The molecule has 0 saturated carbocycles. The molecular weight excluding hydrogens is 384 g/mol.